The van der Waals surface area contributed by atoms with Gasteiger partial charge in [0.1, 0.15) is 5.25 Å². The van der Waals surface area contributed by atoms with Crippen molar-refractivity contribution in [3.63, 3.8) is 0 Å². The van der Waals surface area contributed by atoms with Crippen LogP contribution in [0.25, 0.3) is 0 Å². The molecule has 0 aromatic heterocycles. The molecule has 9 heteroatoms. The van der Waals surface area contributed by atoms with Crippen LogP contribution >= 0.6 is 11.8 Å². The maximum absolute atomic E-state index is 13.3. The smallest absolute Gasteiger partial charge is 0.433 e. The Labute approximate surface area is 171 Å². The summed E-state index contributed by atoms with van der Waals surface area (Å²) in [5.74, 6) is -0.232. The molecule has 0 spiro atoms. The van der Waals surface area contributed by atoms with Gasteiger partial charge in [0.25, 0.3) is 11.6 Å². The topological polar surface area (TPSA) is 113 Å². The van der Waals surface area contributed by atoms with E-state index in [0.717, 1.165) is 22.9 Å². The zero-order valence-electron chi connectivity index (χ0n) is 16.0. The van der Waals surface area contributed by atoms with E-state index < -0.39 is 16.3 Å². The number of carbonyl (C=O) groups is 2. The van der Waals surface area contributed by atoms with Crippen molar-refractivity contribution in [2.24, 2.45) is 4.99 Å². The zero-order chi connectivity index (χ0) is 21.3. The van der Waals surface area contributed by atoms with Crippen molar-refractivity contribution in [3.8, 4) is 0 Å². The van der Waals surface area contributed by atoms with Crippen LogP contribution in [-0.2, 0) is 4.79 Å². The number of amidine groups is 1. The van der Waals surface area contributed by atoms with Gasteiger partial charge in [-0.05, 0) is 35.6 Å². The Morgan fingerprint density at radius 1 is 1.24 bits per heavy atom. The molecule has 2 aromatic rings. The Bertz CT molecular complexity index is 1020. The monoisotopic (exact) mass is 413 g/mol. The van der Waals surface area contributed by atoms with E-state index in [1.807, 2.05) is 39.0 Å². The van der Waals surface area contributed by atoms with Crippen LogP contribution in [0.3, 0.4) is 0 Å². The number of hydrogen-bond donors (Lipinski definition) is 1. The minimum absolute atomic E-state index is 0.0679. The average molecular weight is 413 g/mol. The highest BCUT2D eigenvalue weighted by molar-refractivity contribution is 8.15. The third kappa shape index (κ3) is 4.14. The number of hydrogen-bond acceptors (Lipinski definition) is 5. The molecule has 3 rings (SSSR count). The first-order chi connectivity index (χ1) is 13.7. The Hall–Kier alpha value is -3.20. The van der Waals surface area contributed by atoms with Crippen LogP contribution in [0.4, 0.5) is 16.2 Å². The summed E-state index contributed by atoms with van der Waals surface area (Å²) in [7, 11) is 0. The van der Waals surface area contributed by atoms with E-state index in [1.165, 1.54) is 29.2 Å². The number of aryl methyl sites for hydroxylation is 1. The fraction of sp³-hybridized carbons (Fsp3) is 0.250. The van der Waals surface area contributed by atoms with E-state index in [-0.39, 0.29) is 22.7 Å². The van der Waals surface area contributed by atoms with Gasteiger partial charge in [-0.3, -0.25) is 19.8 Å². The summed E-state index contributed by atoms with van der Waals surface area (Å²) in [4.78, 5) is 39.9. The second-order valence-corrected chi connectivity index (χ2v) is 7.99. The van der Waals surface area contributed by atoms with Crippen molar-refractivity contribution >= 4 is 40.3 Å². The Balaban J connectivity index is 2.09. The molecule has 2 aromatic carbocycles. The number of anilines is 1. The Morgan fingerprint density at radius 2 is 1.90 bits per heavy atom. The summed E-state index contributed by atoms with van der Waals surface area (Å²) in [6.07, 6.45) is -1.40. The molecule has 8 nitrogen and oxygen atoms in total. The van der Waals surface area contributed by atoms with Gasteiger partial charge in [-0.2, -0.15) is 4.99 Å². The first-order valence-corrected chi connectivity index (χ1v) is 9.74. The van der Waals surface area contributed by atoms with E-state index in [9.17, 15) is 24.8 Å². The molecule has 150 valence electrons. The van der Waals surface area contributed by atoms with E-state index in [0.29, 0.717) is 11.3 Å². The molecule has 1 fully saturated rings. The summed E-state index contributed by atoms with van der Waals surface area (Å²) in [6, 6.07) is 11.4. The molecule has 1 unspecified atom stereocenters. The number of rotatable bonds is 4. The lowest BCUT2D eigenvalue weighted by atomic mass is 9.98. The van der Waals surface area contributed by atoms with E-state index >= 15 is 0 Å². The molecule has 0 bridgehead atoms. The van der Waals surface area contributed by atoms with Crippen molar-refractivity contribution in [3.05, 3.63) is 69.3 Å². The fourth-order valence-electron chi connectivity index (χ4n) is 3.12. The van der Waals surface area contributed by atoms with Gasteiger partial charge in [-0.25, -0.2) is 4.79 Å². The minimum Gasteiger partial charge on any atom is -0.463 e. The highest BCUT2D eigenvalue weighted by Crippen LogP contribution is 2.44. The summed E-state index contributed by atoms with van der Waals surface area (Å²) >= 11 is 1.02. The first kappa shape index (κ1) is 20.5. The Kier molecular flexibility index (Phi) is 5.69. The van der Waals surface area contributed by atoms with Crippen LogP contribution in [0.15, 0.2) is 47.5 Å². The molecule has 29 heavy (non-hydrogen) atoms. The number of carboxylic acid groups (broad SMARTS) is 1. The minimum atomic E-state index is -1.40. The molecular formula is C20H19N3O5S. The SMILES string of the molecule is Cc1ccc(C(C)C)c(N2C(=O)C(c3ccc([N+](=O)[O-])cc3)SC2=NC(=O)O)c1. The second-order valence-electron chi connectivity index (χ2n) is 6.91. The predicted octanol–water partition coefficient (Wildman–Crippen LogP) is 4.88. The number of nitro groups is 1. The van der Waals surface area contributed by atoms with E-state index in [1.54, 1.807) is 0 Å². The van der Waals surface area contributed by atoms with Crippen molar-refractivity contribution in [2.75, 3.05) is 4.90 Å². The van der Waals surface area contributed by atoms with Gasteiger partial charge in [0.05, 0.1) is 10.6 Å². The molecule has 2 amide bonds. The molecular weight excluding hydrogens is 394 g/mol. The van der Waals surface area contributed by atoms with Crippen molar-refractivity contribution in [2.45, 2.75) is 31.9 Å². The van der Waals surface area contributed by atoms with Gasteiger partial charge >= 0.3 is 6.09 Å². The van der Waals surface area contributed by atoms with E-state index in [4.69, 9.17) is 0 Å². The maximum atomic E-state index is 13.3. The predicted molar refractivity (Wildman–Crippen MR) is 112 cm³/mol. The number of benzene rings is 2. The summed E-state index contributed by atoms with van der Waals surface area (Å²) in [5.41, 5.74) is 2.88. The van der Waals surface area contributed by atoms with Crippen LogP contribution in [0.5, 0.6) is 0 Å². The van der Waals surface area contributed by atoms with Crippen LogP contribution in [0.1, 0.15) is 41.7 Å². The van der Waals surface area contributed by atoms with Crippen molar-refractivity contribution in [1.82, 2.24) is 0 Å². The lowest BCUT2D eigenvalue weighted by molar-refractivity contribution is -0.384. The van der Waals surface area contributed by atoms with Gasteiger partial charge < -0.3 is 5.11 Å². The number of thioether (sulfide) groups is 1. The number of carbonyl (C=O) groups excluding carboxylic acids is 1. The lowest BCUT2D eigenvalue weighted by Gasteiger charge is -2.22. The standard InChI is InChI=1S/C20H19N3O5S/c1-11(2)15-9-4-12(3)10-16(15)22-18(24)17(29-19(22)21-20(25)26)13-5-7-14(8-6-13)23(27)28/h4-11,17H,1-3H3,(H,25,26). The number of amides is 2. The molecule has 1 atom stereocenters. The second kappa shape index (κ2) is 8.04. The largest absolute Gasteiger partial charge is 0.463 e. The Morgan fingerprint density at radius 3 is 2.45 bits per heavy atom. The molecule has 0 saturated carbocycles. The average Bonchev–Trinajstić information content (AvgIpc) is 2.96. The maximum Gasteiger partial charge on any atom is 0.433 e. The van der Waals surface area contributed by atoms with Crippen molar-refractivity contribution in [1.29, 1.82) is 0 Å². The first-order valence-electron chi connectivity index (χ1n) is 8.86. The highest BCUT2D eigenvalue weighted by Gasteiger charge is 2.41. The van der Waals surface area contributed by atoms with Gasteiger partial charge in [0.15, 0.2) is 5.17 Å². The number of nitrogens with zero attached hydrogens (tertiary/aromatic N) is 3. The van der Waals surface area contributed by atoms with Crippen molar-refractivity contribution < 1.29 is 19.6 Å². The molecule has 1 N–H and O–H groups in total. The molecule has 1 heterocycles. The molecule has 1 saturated heterocycles. The molecule has 1 aliphatic rings. The number of non-ortho nitro benzene ring substituents is 1. The van der Waals surface area contributed by atoms with Gasteiger partial charge in [0, 0.05) is 12.1 Å². The summed E-state index contributed by atoms with van der Waals surface area (Å²) in [5, 5.41) is 19.4. The highest BCUT2D eigenvalue weighted by atomic mass is 32.2. The van der Waals surface area contributed by atoms with Crippen LogP contribution in [-0.4, -0.2) is 27.2 Å². The van der Waals surface area contributed by atoms with Crippen LogP contribution in [0, 0.1) is 17.0 Å². The third-order valence-electron chi connectivity index (χ3n) is 4.51. The van der Waals surface area contributed by atoms with Crippen LogP contribution in [0.2, 0.25) is 0 Å². The molecule has 0 radical (unpaired) electrons. The van der Waals surface area contributed by atoms with E-state index in [2.05, 4.69) is 4.99 Å². The van der Waals surface area contributed by atoms with Gasteiger partial charge in [0.2, 0.25) is 0 Å². The molecule has 0 aliphatic carbocycles. The normalized spacial score (nSPS) is 17.9. The number of aliphatic imine (C=N–C) groups is 1. The zero-order valence-corrected chi connectivity index (χ0v) is 16.8. The molecule has 1 aliphatic heterocycles. The number of nitro benzene ring substituents is 1. The van der Waals surface area contributed by atoms with Crippen LogP contribution < -0.4 is 4.90 Å². The summed E-state index contributed by atoms with van der Waals surface area (Å²) in [6.45, 7) is 5.87. The third-order valence-corrected chi connectivity index (χ3v) is 5.70. The fourth-order valence-corrected chi connectivity index (χ4v) is 4.25. The van der Waals surface area contributed by atoms with Gasteiger partial charge in [-0.1, -0.05) is 49.9 Å². The lowest BCUT2D eigenvalue weighted by Crippen LogP contribution is -2.31. The summed E-state index contributed by atoms with van der Waals surface area (Å²) < 4.78 is 0. The quantitative estimate of drug-likeness (QED) is 0.564. The van der Waals surface area contributed by atoms with Gasteiger partial charge in [-0.15, -0.1) is 0 Å².